The number of hydrogen-bond donors (Lipinski definition) is 3. The molecule has 2 amide bonds. The number of carbonyl (C=O) groups is 2. The molecule has 0 saturated heterocycles. The average molecular weight is 318 g/mol. The number of nitrogens with two attached hydrogens (primary N) is 1. The molecule has 114 valence electrons. The van der Waals surface area contributed by atoms with E-state index in [1.165, 1.54) is 0 Å². The number of amides is 2. The minimum atomic E-state index is -0.314. The topological polar surface area (TPSA) is 84.2 Å². The summed E-state index contributed by atoms with van der Waals surface area (Å²) in [5.41, 5.74) is 7.71. The van der Waals surface area contributed by atoms with Crippen molar-refractivity contribution in [3.8, 4) is 0 Å². The van der Waals surface area contributed by atoms with E-state index in [-0.39, 0.29) is 18.4 Å². The van der Waals surface area contributed by atoms with Crippen LogP contribution in [-0.4, -0.2) is 18.4 Å². The highest BCUT2D eigenvalue weighted by Gasteiger charge is 2.11. The maximum atomic E-state index is 12.2. The van der Waals surface area contributed by atoms with Gasteiger partial charge in [0.15, 0.2) is 0 Å². The van der Waals surface area contributed by atoms with Gasteiger partial charge < -0.3 is 16.4 Å². The Labute approximate surface area is 133 Å². The highest BCUT2D eigenvalue weighted by atomic mass is 35.5. The Kier molecular flexibility index (Phi) is 5.14. The fourth-order valence-corrected chi connectivity index (χ4v) is 2.10. The number of rotatable bonds is 4. The van der Waals surface area contributed by atoms with Gasteiger partial charge in [0.25, 0.3) is 5.91 Å². The second kappa shape index (κ2) is 7.06. The molecular weight excluding hydrogens is 302 g/mol. The van der Waals surface area contributed by atoms with E-state index in [4.69, 9.17) is 17.3 Å². The predicted molar refractivity (Wildman–Crippen MR) is 88.3 cm³/mol. The standard InChI is InChI=1S/C16H16ClN3O2/c1-10-6-7-11(8-14(10)20-15(21)9-18)19-16(22)12-4-2-3-5-13(12)17/h2-8H,9,18H2,1H3,(H,19,22)(H,20,21). The molecule has 4 N–H and O–H groups in total. The normalized spacial score (nSPS) is 10.1. The van der Waals surface area contributed by atoms with Crippen LogP contribution in [-0.2, 0) is 4.79 Å². The molecule has 6 heteroatoms. The van der Waals surface area contributed by atoms with E-state index in [2.05, 4.69) is 10.6 Å². The van der Waals surface area contributed by atoms with Crippen molar-refractivity contribution in [1.82, 2.24) is 0 Å². The minimum absolute atomic E-state index is 0.102. The summed E-state index contributed by atoms with van der Waals surface area (Å²) in [5.74, 6) is -0.608. The molecule has 0 bridgehead atoms. The summed E-state index contributed by atoms with van der Waals surface area (Å²) in [6.07, 6.45) is 0. The Balaban J connectivity index is 2.20. The van der Waals surface area contributed by atoms with Gasteiger partial charge in [-0.25, -0.2) is 0 Å². The second-order valence-corrected chi connectivity index (χ2v) is 5.12. The summed E-state index contributed by atoms with van der Waals surface area (Å²) in [4.78, 5) is 23.6. The van der Waals surface area contributed by atoms with Crippen LogP contribution in [0.25, 0.3) is 0 Å². The molecule has 5 nitrogen and oxygen atoms in total. The van der Waals surface area contributed by atoms with E-state index in [1.807, 2.05) is 6.92 Å². The third-order valence-corrected chi connectivity index (χ3v) is 3.40. The zero-order chi connectivity index (χ0) is 16.1. The number of hydrogen-bond acceptors (Lipinski definition) is 3. The lowest BCUT2D eigenvalue weighted by Gasteiger charge is -2.11. The molecule has 2 rings (SSSR count). The summed E-state index contributed by atoms with van der Waals surface area (Å²) in [6.45, 7) is 1.75. The number of anilines is 2. The van der Waals surface area contributed by atoms with Gasteiger partial charge in [-0.3, -0.25) is 9.59 Å². The van der Waals surface area contributed by atoms with Crippen molar-refractivity contribution in [3.05, 3.63) is 58.6 Å². The van der Waals surface area contributed by atoms with Gasteiger partial charge in [0.1, 0.15) is 0 Å². The van der Waals surface area contributed by atoms with Gasteiger partial charge in [0.2, 0.25) is 5.91 Å². The predicted octanol–water partition coefficient (Wildman–Crippen LogP) is 2.80. The molecule has 0 heterocycles. The lowest BCUT2D eigenvalue weighted by molar-refractivity contribution is -0.114. The van der Waals surface area contributed by atoms with Crippen molar-refractivity contribution < 1.29 is 9.59 Å². The highest BCUT2D eigenvalue weighted by Crippen LogP contribution is 2.22. The maximum absolute atomic E-state index is 12.2. The molecule has 2 aromatic carbocycles. The number of nitrogens with one attached hydrogen (secondary N) is 2. The molecule has 22 heavy (non-hydrogen) atoms. The van der Waals surface area contributed by atoms with Crippen molar-refractivity contribution in [2.24, 2.45) is 5.73 Å². The summed E-state index contributed by atoms with van der Waals surface area (Å²) in [7, 11) is 0. The molecule has 0 fully saturated rings. The van der Waals surface area contributed by atoms with Crippen molar-refractivity contribution in [1.29, 1.82) is 0 Å². The van der Waals surface area contributed by atoms with E-state index in [9.17, 15) is 9.59 Å². The Morgan fingerprint density at radius 3 is 2.55 bits per heavy atom. The summed E-state index contributed by atoms with van der Waals surface area (Å²) < 4.78 is 0. The first kappa shape index (κ1) is 16.0. The first-order valence-corrected chi connectivity index (χ1v) is 7.05. The fourth-order valence-electron chi connectivity index (χ4n) is 1.88. The van der Waals surface area contributed by atoms with Gasteiger partial charge in [-0.05, 0) is 36.8 Å². The Morgan fingerprint density at radius 2 is 1.86 bits per heavy atom. The van der Waals surface area contributed by atoms with Gasteiger partial charge in [0.05, 0.1) is 17.1 Å². The van der Waals surface area contributed by atoms with Crippen molar-refractivity contribution in [3.63, 3.8) is 0 Å². The zero-order valence-corrected chi connectivity index (χ0v) is 12.8. The Bertz CT molecular complexity index is 716. The van der Waals surface area contributed by atoms with Crippen molar-refractivity contribution in [2.75, 3.05) is 17.2 Å². The van der Waals surface area contributed by atoms with Crippen molar-refractivity contribution in [2.45, 2.75) is 6.92 Å². The molecule has 0 aliphatic rings. The van der Waals surface area contributed by atoms with E-state index in [0.29, 0.717) is 22.0 Å². The van der Waals surface area contributed by atoms with E-state index in [0.717, 1.165) is 5.56 Å². The van der Waals surface area contributed by atoms with Crippen LogP contribution in [0.4, 0.5) is 11.4 Å². The molecule has 2 aromatic rings. The molecule has 0 aliphatic carbocycles. The third-order valence-electron chi connectivity index (χ3n) is 3.07. The Hall–Kier alpha value is -2.37. The van der Waals surface area contributed by atoms with E-state index < -0.39 is 0 Å². The number of carbonyl (C=O) groups excluding carboxylic acids is 2. The quantitative estimate of drug-likeness (QED) is 0.810. The summed E-state index contributed by atoms with van der Waals surface area (Å²) in [5, 5.41) is 5.81. The van der Waals surface area contributed by atoms with E-state index >= 15 is 0 Å². The third kappa shape index (κ3) is 3.84. The zero-order valence-electron chi connectivity index (χ0n) is 12.0. The molecular formula is C16H16ClN3O2. The van der Waals surface area contributed by atoms with Crippen LogP contribution in [0.2, 0.25) is 5.02 Å². The van der Waals surface area contributed by atoms with Gasteiger partial charge >= 0.3 is 0 Å². The minimum Gasteiger partial charge on any atom is -0.325 e. The van der Waals surface area contributed by atoms with Crippen molar-refractivity contribution >= 4 is 34.8 Å². The lowest BCUT2D eigenvalue weighted by Crippen LogP contribution is -2.22. The van der Waals surface area contributed by atoms with Gasteiger partial charge in [-0.1, -0.05) is 29.8 Å². The number of halogens is 1. The molecule has 0 radical (unpaired) electrons. The van der Waals surface area contributed by atoms with Crippen LogP contribution in [0.15, 0.2) is 42.5 Å². The molecule has 0 atom stereocenters. The fraction of sp³-hybridized carbons (Fsp3) is 0.125. The molecule has 0 saturated carbocycles. The monoisotopic (exact) mass is 317 g/mol. The largest absolute Gasteiger partial charge is 0.325 e. The van der Waals surface area contributed by atoms with Crippen LogP contribution < -0.4 is 16.4 Å². The molecule has 0 unspecified atom stereocenters. The van der Waals surface area contributed by atoms with Gasteiger partial charge in [0, 0.05) is 11.4 Å². The second-order valence-electron chi connectivity index (χ2n) is 4.72. The number of benzene rings is 2. The highest BCUT2D eigenvalue weighted by molar-refractivity contribution is 6.34. The first-order chi connectivity index (χ1) is 10.5. The molecule has 0 aromatic heterocycles. The van der Waals surface area contributed by atoms with Gasteiger partial charge in [-0.2, -0.15) is 0 Å². The van der Waals surface area contributed by atoms with Crippen LogP contribution in [0.1, 0.15) is 15.9 Å². The SMILES string of the molecule is Cc1ccc(NC(=O)c2ccccc2Cl)cc1NC(=O)CN. The average Bonchev–Trinajstić information content (AvgIpc) is 2.50. The first-order valence-electron chi connectivity index (χ1n) is 6.67. The smallest absolute Gasteiger partial charge is 0.257 e. The Morgan fingerprint density at radius 1 is 1.14 bits per heavy atom. The maximum Gasteiger partial charge on any atom is 0.257 e. The summed E-state index contributed by atoms with van der Waals surface area (Å²) >= 11 is 6.00. The van der Waals surface area contributed by atoms with Crippen LogP contribution in [0.3, 0.4) is 0 Å². The van der Waals surface area contributed by atoms with Crippen LogP contribution >= 0.6 is 11.6 Å². The molecule has 0 spiro atoms. The van der Waals surface area contributed by atoms with Crippen LogP contribution in [0, 0.1) is 6.92 Å². The molecule has 0 aliphatic heterocycles. The van der Waals surface area contributed by atoms with Crippen LogP contribution in [0.5, 0.6) is 0 Å². The van der Waals surface area contributed by atoms with E-state index in [1.54, 1.807) is 42.5 Å². The summed E-state index contributed by atoms with van der Waals surface area (Å²) in [6, 6.07) is 12.0. The lowest BCUT2D eigenvalue weighted by atomic mass is 10.1. The van der Waals surface area contributed by atoms with Gasteiger partial charge in [-0.15, -0.1) is 0 Å². The number of aryl methyl sites for hydroxylation is 1.